The first-order valence-corrected chi connectivity index (χ1v) is 22.0. The molecule has 12 rings (SSSR count). The quantitative estimate of drug-likeness (QED) is 0.265. The molecule has 286 valence electrons. The summed E-state index contributed by atoms with van der Waals surface area (Å²) in [5, 5.41) is 3.95. The third-order valence-electron chi connectivity index (χ3n) is 15.3. The van der Waals surface area contributed by atoms with Crippen molar-refractivity contribution in [3.05, 3.63) is 195 Å². The third kappa shape index (κ3) is 4.92. The fraction of sp³-hybridized carbons (Fsp3) is 0.309. The summed E-state index contributed by atoms with van der Waals surface area (Å²) in [6.07, 6.45) is 38.4. The molecule has 0 bridgehead atoms. The molecule has 6 atom stereocenters. The lowest BCUT2D eigenvalue weighted by Crippen LogP contribution is -2.40. The van der Waals surface area contributed by atoms with Crippen molar-refractivity contribution in [2.45, 2.75) is 76.8 Å². The van der Waals surface area contributed by atoms with Gasteiger partial charge in [0, 0.05) is 33.8 Å². The fourth-order valence-corrected chi connectivity index (χ4v) is 12.8. The zero-order valence-corrected chi connectivity index (χ0v) is 33.7. The van der Waals surface area contributed by atoms with E-state index in [1.807, 2.05) is 0 Å². The van der Waals surface area contributed by atoms with Crippen LogP contribution in [-0.2, 0) is 5.41 Å². The standard InChI is InChI=1S/C55H51N3/c1-54(2)45-23-10-6-19-39(45)43-29-27-37(32-49(43)54)52-56-51(36-18-14-17-35(31-36)34-15-4-3-5-16-34)57-53(58-52)38-28-30-44-42-22-9-13-26-48(42)55(50(44)33-38)46-24-11-7-20-40(46)41-21-8-12-25-47(41)55/h3-4,6-7,10,12-15,17-20,23,25-33,41,44,47,50,52H,5,8-9,11,16,21-22,24H2,1-2H3,(H,56,57,58). The molecule has 0 fully saturated rings. The highest BCUT2D eigenvalue weighted by Crippen LogP contribution is 2.71. The normalized spacial score (nSPS) is 30.5. The average molecular weight is 754 g/mol. The SMILES string of the molecule is CC1(C)c2ccccc2-c2ccc(C3N=C(c4cccc(C5=CC=CCC5)c4)N=C(C4=CC5C(C=C4)C4=C(C=CCC4)C54C5=C(C=CCC5)C5CCC=CC54)N3)cc21. The number of fused-ring (bicyclic) bond motifs is 11. The summed E-state index contributed by atoms with van der Waals surface area (Å²) in [6, 6.07) is 24.9. The van der Waals surface area contributed by atoms with E-state index in [2.05, 4.69) is 159 Å². The number of hydrogen-bond donors (Lipinski definition) is 1. The zero-order chi connectivity index (χ0) is 38.6. The number of amidine groups is 2. The minimum absolute atomic E-state index is 0.00275. The van der Waals surface area contributed by atoms with E-state index in [4.69, 9.17) is 9.98 Å². The number of nitrogens with zero attached hydrogens (tertiary/aromatic N) is 2. The number of allylic oxidation sites excluding steroid dienone is 16. The van der Waals surface area contributed by atoms with Crippen LogP contribution in [0.2, 0.25) is 0 Å². The molecule has 3 heteroatoms. The second-order valence-electron chi connectivity index (χ2n) is 18.5. The van der Waals surface area contributed by atoms with Crippen LogP contribution in [0.4, 0.5) is 0 Å². The average Bonchev–Trinajstić information content (AvgIpc) is 3.85. The molecule has 1 aliphatic heterocycles. The van der Waals surface area contributed by atoms with Gasteiger partial charge in [-0.2, -0.15) is 0 Å². The lowest BCUT2D eigenvalue weighted by molar-refractivity contribution is 0.204. The maximum Gasteiger partial charge on any atom is 0.159 e. The molecular formula is C55H51N3. The summed E-state index contributed by atoms with van der Waals surface area (Å²) in [5.41, 5.74) is 18.1. The lowest BCUT2D eigenvalue weighted by atomic mass is 9.58. The minimum Gasteiger partial charge on any atom is -0.344 e. The molecule has 0 radical (unpaired) electrons. The molecule has 1 N–H and O–H groups in total. The molecule has 0 saturated carbocycles. The van der Waals surface area contributed by atoms with Gasteiger partial charge in [-0.05, 0) is 119 Å². The molecule has 0 aromatic heterocycles. The van der Waals surface area contributed by atoms with Gasteiger partial charge in [-0.15, -0.1) is 0 Å². The first-order valence-electron chi connectivity index (χ1n) is 22.0. The van der Waals surface area contributed by atoms with Crippen molar-refractivity contribution in [3.63, 3.8) is 0 Å². The smallest absolute Gasteiger partial charge is 0.159 e. The van der Waals surface area contributed by atoms with Crippen LogP contribution in [0.1, 0.15) is 99.2 Å². The fourth-order valence-electron chi connectivity index (χ4n) is 12.8. The largest absolute Gasteiger partial charge is 0.344 e. The molecule has 1 heterocycles. The van der Waals surface area contributed by atoms with Gasteiger partial charge in [0.25, 0.3) is 0 Å². The Balaban J connectivity index is 0.994. The Hall–Kier alpha value is -5.54. The van der Waals surface area contributed by atoms with E-state index in [-0.39, 0.29) is 17.0 Å². The monoisotopic (exact) mass is 753 g/mol. The third-order valence-corrected chi connectivity index (χ3v) is 15.3. The molecule has 3 aromatic carbocycles. The number of nitrogens with one attached hydrogen (secondary N) is 1. The summed E-state index contributed by atoms with van der Waals surface area (Å²) in [4.78, 5) is 11.0. The van der Waals surface area contributed by atoms with Crippen LogP contribution >= 0.6 is 0 Å². The molecule has 58 heavy (non-hydrogen) atoms. The zero-order valence-electron chi connectivity index (χ0n) is 33.7. The van der Waals surface area contributed by atoms with Gasteiger partial charge in [0.2, 0.25) is 0 Å². The van der Waals surface area contributed by atoms with E-state index in [0.717, 1.165) is 42.9 Å². The van der Waals surface area contributed by atoms with E-state index in [9.17, 15) is 0 Å². The topological polar surface area (TPSA) is 36.8 Å². The van der Waals surface area contributed by atoms with Crippen molar-refractivity contribution in [3.8, 4) is 11.1 Å². The first-order chi connectivity index (χ1) is 28.5. The molecule has 3 nitrogen and oxygen atoms in total. The van der Waals surface area contributed by atoms with Crippen LogP contribution in [0.5, 0.6) is 0 Å². The number of aliphatic imine (C=N–C) groups is 2. The van der Waals surface area contributed by atoms with Crippen LogP contribution in [0.15, 0.2) is 177 Å². The molecule has 8 aliphatic carbocycles. The van der Waals surface area contributed by atoms with Crippen molar-refractivity contribution in [2.24, 2.45) is 39.1 Å². The van der Waals surface area contributed by atoms with Crippen molar-refractivity contribution >= 4 is 17.2 Å². The Bertz CT molecular complexity index is 2660. The first kappa shape index (κ1) is 34.5. The number of benzene rings is 3. The van der Waals surface area contributed by atoms with Gasteiger partial charge in [0.15, 0.2) is 5.84 Å². The van der Waals surface area contributed by atoms with Crippen molar-refractivity contribution < 1.29 is 0 Å². The maximum atomic E-state index is 5.49. The molecule has 6 unspecified atom stereocenters. The van der Waals surface area contributed by atoms with E-state index >= 15 is 0 Å². The van der Waals surface area contributed by atoms with Gasteiger partial charge in [-0.3, -0.25) is 0 Å². The second kappa shape index (κ2) is 13.0. The summed E-state index contributed by atoms with van der Waals surface area (Å²) < 4.78 is 0. The van der Waals surface area contributed by atoms with Crippen LogP contribution in [0.3, 0.4) is 0 Å². The highest BCUT2D eigenvalue weighted by atomic mass is 15.2. The Morgan fingerprint density at radius 3 is 2.52 bits per heavy atom. The molecule has 9 aliphatic rings. The summed E-state index contributed by atoms with van der Waals surface area (Å²) in [5.74, 6) is 3.60. The van der Waals surface area contributed by atoms with Crippen LogP contribution in [0.25, 0.3) is 16.7 Å². The Labute approximate surface area is 343 Å². The van der Waals surface area contributed by atoms with Gasteiger partial charge in [-0.1, -0.05) is 159 Å². The van der Waals surface area contributed by atoms with Crippen LogP contribution in [-0.4, -0.2) is 11.7 Å². The highest BCUT2D eigenvalue weighted by molar-refractivity contribution is 6.14. The van der Waals surface area contributed by atoms with Gasteiger partial charge in [-0.25, -0.2) is 9.98 Å². The Morgan fingerprint density at radius 2 is 1.59 bits per heavy atom. The molecule has 1 spiro atoms. The predicted molar refractivity (Wildman–Crippen MR) is 239 cm³/mol. The molecule has 0 saturated heterocycles. The van der Waals surface area contributed by atoms with Crippen LogP contribution < -0.4 is 5.32 Å². The summed E-state index contributed by atoms with van der Waals surface area (Å²) >= 11 is 0. The van der Waals surface area contributed by atoms with Crippen molar-refractivity contribution in [1.29, 1.82) is 0 Å². The summed E-state index contributed by atoms with van der Waals surface area (Å²) in [7, 11) is 0. The molecular weight excluding hydrogens is 703 g/mol. The minimum atomic E-state index is -0.276. The summed E-state index contributed by atoms with van der Waals surface area (Å²) in [6.45, 7) is 4.73. The van der Waals surface area contributed by atoms with E-state index in [0.29, 0.717) is 23.7 Å². The van der Waals surface area contributed by atoms with Gasteiger partial charge < -0.3 is 5.32 Å². The number of rotatable bonds is 4. The lowest BCUT2D eigenvalue weighted by Gasteiger charge is -2.44. The van der Waals surface area contributed by atoms with Crippen LogP contribution in [0, 0.1) is 29.1 Å². The molecule has 3 aromatic rings. The van der Waals surface area contributed by atoms with Crippen molar-refractivity contribution in [1.82, 2.24) is 5.32 Å². The van der Waals surface area contributed by atoms with E-state index in [1.165, 1.54) is 70.2 Å². The highest BCUT2D eigenvalue weighted by Gasteiger charge is 2.63. The molecule has 0 amide bonds. The van der Waals surface area contributed by atoms with Gasteiger partial charge in [0.05, 0.1) is 0 Å². The van der Waals surface area contributed by atoms with E-state index in [1.54, 1.807) is 22.3 Å². The van der Waals surface area contributed by atoms with Crippen molar-refractivity contribution in [2.75, 3.05) is 0 Å². The van der Waals surface area contributed by atoms with E-state index < -0.39 is 0 Å². The predicted octanol–water partition coefficient (Wildman–Crippen LogP) is 12.8. The number of hydrogen-bond acceptors (Lipinski definition) is 3. The van der Waals surface area contributed by atoms with Gasteiger partial charge in [0.1, 0.15) is 12.0 Å². The Kier molecular flexibility index (Phi) is 7.72. The second-order valence-corrected chi connectivity index (χ2v) is 18.5. The maximum absolute atomic E-state index is 5.49. The Morgan fingerprint density at radius 1 is 0.724 bits per heavy atom. The van der Waals surface area contributed by atoms with Gasteiger partial charge >= 0.3 is 0 Å².